The van der Waals surface area contributed by atoms with Gasteiger partial charge in [0.1, 0.15) is 0 Å². The molecule has 0 aliphatic heterocycles. The smallest absolute Gasteiger partial charge is 0.190 e. The fraction of sp³-hybridized carbons (Fsp3) is 0.0909. The Bertz CT molecular complexity index is 515. The zero-order valence-corrected chi connectivity index (χ0v) is 9.09. The number of allylic oxidation sites excluding steroid dienone is 1. The summed E-state index contributed by atoms with van der Waals surface area (Å²) in [6.07, 6.45) is 0. The van der Waals surface area contributed by atoms with Gasteiger partial charge in [0.25, 0.3) is 0 Å². The lowest BCUT2D eigenvalue weighted by Gasteiger charge is -1.89. The number of hydrogen-bond acceptors (Lipinski definition) is 2. The third-order valence-electron chi connectivity index (χ3n) is 2.25. The van der Waals surface area contributed by atoms with Crippen LogP contribution in [0.15, 0.2) is 34.6 Å². The Morgan fingerprint density at radius 2 is 1.86 bits per heavy atom. The van der Waals surface area contributed by atoms with Gasteiger partial charge in [-0.2, -0.15) is 0 Å². The highest BCUT2D eigenvalue weighted by Gasteiger charge is 2.24. The molecular weight excluding hydrogens is 244 g/mol. The first kappa shape index (κ1) is 9.34. The van der Waals surface area contributed by atoms with Gasteiger partial charge in [-0.1, -0.05) is 12.1 Å². The number of Topliss-reactive ketones (excluding diaryl/α,β-unsaturated/α-hetero) is 1. The minimum Gasteiger partial charge on any atom is -0.290 e. The minimum absolute atomic E-state index is 0.0693. The summed E-state index contributed by atoms with van der Waals surface area (Å²) in [7, 11) is 0. The maximum Gasteiger partial charge on any atom is 0.190 e. The Morgan fingerprint density at radius 3 is 2.57 bits per heavy atom. The predicted molar refractivity (Wildman–Crippen MR) is 58.6 cm³/mol. The normalized spacial score (nSPS) is 14.6. The molecule has 0 saturated heterocycles. The molecule has 14 heavy (non-hydrogen) atoms. The Morgan fingerprint density at radius 1 is 1.14 bits per heavy atom. The van der Waals surface area contributed by atoms with Crippen molar-refractivity contribution in [2.24, 2.45) is 0 Å². The molecule has 3 heteroatoms. The first-order valence-electron chi connectivity index (χ1n) is 4.17. The van der Waals surface area contributed by atoms with Gasteiger partial charge in [-0.3, -0.25) is 9.59 Å². The monoisotopic (exact) mass is 250 g/mol. The van der Waals surface area contributed by atoms with E-state index < -0.39 is 0 Å². The van der Waals surface area contributed by atoms with Gasteiger partial charge < -0.3 is 0 Å². The number of carbonyl (C=O) groups is 1. The zero-order valence-electron chi connectivity index (χ0n) is 7.50. The van der Waals surface area contributed by atoms with Crippen LogP contribution in [0.4, 0.5) is 0 Å². The molecular formula is C11H7BrO2. The molecule has 70 valence electrons. The van der Waals surface area contributed by atoms with E-state index >= 15 is 0 Å². The van der Waals surface area contributed by atoms with Crippen LogP contribution in [0.3, 0.4) is 0 Å². The molecule has 0 heterocycles. The van der Waals surface area contributed by atoms with E-state index in [0.717, 1.165) is 10.0 Å². The summed E-state index contributed by atoms with van der Waals surface area (Å²) in [6.45, 7) is 1.75. The van der Waals surface area contributed by atoms with E-state index in [9.17, 15) is 9.59 Å². The lowest BCUT2D eigenvalue weighted by molar-refractivity contribution is 0.103. The summed E-state index contributed by atoms with van der Waals surface area (Å²) in [6, 6.07) is 6.26. The molecule has 2 nitrogen and oxygen atoms in total. The quantitative estimate of drug-likeness (QED) is 0.709. The molecule has 0 fully saturated rings. The Kier molecular flexibility index (Phi) is 2.11. The second-order valence-corrected chi connectivity index (χ2v) is 3.96. The fourth-order valence-corrected chi connectivity index (χ4v) is 2.01. The molecule has 1 aromatic carbocycles. The summed E-state index contributed by atoms with van der Waals surface area (Å²) in [5.41, 5.74) is 1.80. The van der Waals surface area contributed by atoms with E-state index in [0.29, 0.717) is 11.1 Å². The van der Waals surface area contributed by atoms with Crippen LogP contribution in [-0.4, -0.2) is 5.78 Å². The second kappa shape index (κ2) is 3.17. The highest BCUT2D eigenvalue weighted by Crippen LogP contribution is 2.35. The molecule has 0 unspecified atom stereocenters. The minimum atomic E-state index is -0.144. The second-order valence-electron chi connectivity index (χ2n) is 3.17. The number of carbonyl (C=O) groups excluding carboxylic acids is 1. The van der Waals surface area contributed by atoms with Crippen molar-refractivity contribution in [3.8, 4) is 0 Å². The largest absolute Gasteiger partial charge is 0.290 e. The van der Waals surface area contributed by atoms with Crippen LogP contribution in [0.25, 0.3) is 4.48 Å². The number of fused-ring (bicyclic) bond motifs is 1. The molecule has 0 saturated carbocycles. The predicted octanol–water partition coefficient (Wildman–Crippen LogP) is 2.37. The fourth-order valence-electron chi connectivity index (χ4n) is 1.48. The number of ketones is 1. The van der Waals surface area contributed by atoms with Crippen molar-refractivity contribution >= 4 is 26.2 Å². The van der Waals surface area contributed by atoms with Crippen molar-refractivity contribution in [2.45, 2.75) is 6.92 Å². The third-order valence-corrected chi connectivity index (χ3v) is 3.27. The van der Waals surface area contributed by atoms with Crippen LogP contribution >= 0.6 is 15.9 Å². The van der Waals surface area contributed by atoms with E-state index in [4.69, 9.17) is 0 Å². The van der Waals surface area contributed by atoms with Crippen LogP contribution in [0, 0.1) is 0 Å². The van der Waals surface area contributed by atoms with E-state index in [2.05, 4.69) is 15.9 Å². The van der Waals surface area contributed by atoms with Crippen LogP contribution in [0.1, 0.15) is 22.8 Å². The zero-order chi connectivity index (χ0) is 10.3. The number of hydrogen-bond donors (Lipinski definition) is 0. The molecule has 1 aromatic rings. The van der Waals surface area contributed by atoms with Gasteiger partial charge in [0, 0.05) is 21.2 Å². The van der Waals surface area contributed by atoms with E-state index in [1.54, 1.807) is 19.1 Å². The van der Waals surface area contributed by atoms with Crippen molar-refractivity contribution in [1.82, 2.24) is 0 Å². The Labute approximate surface area is 89.4 Å². The van der Waals surface area contributed by atoms with Gasteiger partial charge >= 0.3 is 0 Å². The van der Waals surface area contributed by atoms with Crippen LogP contribution < -0.4 is 5.43 Å². The van der Waals surface area contributed by atoms with Gasteiger partial charge in [-0.15, -0.1) is 0 Å². The Balaban J connectivity index is 2.84. The van der Waals surface area contributed by atoms with Crippen molar-refractivity contribution in [2.75, 3.05) is 0 Å². The first-order chi connectivity index (χ1) is 6.61. The molecule has 0 atom stereocenters. The van der Waals surface area contributed by atoms with Crippen molar-refractivity contribution in [3.63, 3.8) is 0 Å². The lowest BCUT2D eigenvalue weighted by atomic mass is 10.1. The summed E-state index contributed by atoms with van der Waals surface area (Å²) < 4.78 is 0.785. The summed E-state index contributed by atoms with van der Waals surface area (Å²) in [5.74, 6) is -0.0693. The summed E-state index contributed by atoms with van der Waals surface area (Å²) >= 11 is 3.34. The number of halogens is 1. The average Bonchev–Trinajstić information content (AvgIpc) is 2.34. The number of rotatable bonds is 0. The standard InChI is InChI=1S/C11H7BrO2/c1-6-10(12)8-4-2-3-7(13)5-9(8)11(6)14/h2-5H,1H3. The maximum absolute atomic E-state index is 11.7. The van der Waals surface area contributed by atoms with E-state index in [1.807, 2.05) is 0 Å². The summed E-state index contributed by atoms with van der Waals surface area (Å²) in [4.78, 5) is 22.9. The van der Waals surface area contributed by atoms with Crippen molar-refractivity contribution < 1.29 is 4.79 Å². The molecule has 0 N–H and O–H groups in total. The average molecular weight is 251 g/mol. The van der Waals surface area contributed by atoms with Crippen molar-refractivity contribution in [1.29, 1.82) is 0 Å². The van der Waals surface area contributed by atoms with E-state index in [-0.39, 0.29) is 11.2 Å². The van der Waals surface area contributed by atoms with Crippen LogP contribution in [-0.2, 0) is 0 Å². The van der Waals surface area contributed by atoms with Crippen LogP contribution in [0.5, 0.6) is 0 Å². The molecule has 1 aliphatic rings. The molecule has 0 amide bonds. The highest BCUT2D eigenvalue weighted by atomic mass is 79.9. The van der Waals surface area contributed by atoms with Gasteiger partial charge in [0.15, 0.2) is 11.2 Å². The van der Waals surface area contributed by atoms with E-state index in [1.165, 1.54) is 12.1 Å². The molecule has 0 spiro atoms. The highest BCUT2D eigenvalue weighted by molar-refractivity contribution is 9.15. The molecule has 0 aromatic heterocycles. The third kappa shape index (κ3) is 1.24. The molecule has 1 aliphatic carbocycles. The van der Waals surface area contributed by atoms with Gasteiger partial charge in [-0.25, -0.2) is 0 Å². The molecule has 0 radical (unpaired) electrons. The SMILES string of the molecule is CC1=C(Br)c2cccc(=O)cc2C1=O. The molecule has 2 rings (SSSR count). The summed E-state index contributed by atoms with van der Waals surface area (Å²) in [5, 5.41) is 0. The Hall–Kier alpha value is -1.22. The maximum atomic E-state index is 11.7. The van der Waals surface area contributed by atoms with Crippen LogP contribution in [0.2, 0.25) is 0 Å². The first-order valence-corrected chi connectivity index (χ1v) is 4.96. The van der Waals surface area contributed by atoms with Gasteiger partial charge in [0.05, 0.1) is 0 Å². The molecule has 0 bridgehead atoms. The van der Waals surface area contributed by atoms with Gasteiger partial charge in [-0.05, 0) is 35.0 Å². The topological polar surface area (TPSA) is 34.1 Å². The van der Waals surface area contributed by atoms with Gasteiger partial charge in [0.2, 0.25) is 0 Å². The lowest BCUT2D eigenvalue weighted by Crippen LogP contribution is -1.99. The van der Waals surface area contributed by atoms with Crippen molar-refractivity contribution in [3.05, 3.63) is 51.2 Å².